The molecule has 4 nitrogen and oxygen atoms in total. The Kier molecular flexibility index (Phi) is 35.5. The molecule has 0 aliphatic rings. The summed E-state index contributed by atoms with van der Waals surface area (Å²) in [6, 6.07) is 0. The van der Waals surface area contributed by atoms with Crippen LogP contribution in [0.1, 0.15) is 226 Å². The zero-order valence-corrected chi connectivity index (χ0v) is 30.3. The Bertz CT molecular complexity index is 590. The van der Waals surface area contributed by atoms with Gasteiger partial charge in [0.05, 0.1) is 19.1 Å². The number of hydrogen-bond donors (Lipinski definition) is 0. The van der Waals surface area contributed by atoms with Gasteiger partial charge in [0.2, 0.25) is 0 Å². The summed E-state index contributed by atoms with van der Waals surface area (Å²) in [5, 5.41) is 0. The Morgan fingerprint density at radius 1 is 0.386 bits per heavy atom. The second-order valence-electron chi connectivity index (χ2n) is 13.6. The molecule has 0 aliphatic carbocycles. The molecule has 0 aromatic rings. The third kappa shape index (κ3) is 32.3. The second-order valence-corrected chi connectivity index (χ2v) is 13.6. The average molecular weight is 623 g/mol. The molecule has 0 radical (unpaired) electrons. The Labute approximate surface area is 276 Å². The maximum atomic E-state index is 12.9. The minimum absolute atomic E-state index is 0.0182. The summed E-state index contributed by atoms with van der Waals surface area (Å²) >= 11 is 0. The molecule has 44 heavy (non-hydrogen) atoms. The minimum Gasteiger partial charge on any atom is -0.466 e. The fourth-order valence-corrected chi connectivity index (χ4v) is 6.12. The normalized spacial score (nSPS) is 12.0. The van der Waals surface area contributed by atoms with E-state index in [0.29, 0.717) is 19.6 Å². The molecular weight excluding hydrogens is 544 g/mol. The van der Waals surface area contributed by atoms with Gasteiger partial charge in [-0.25, -0.2) is 0 Å². The molecule has 0 fully saturated rings. The fraction of sp³-hybridized carbons (Fsp3) is 0.950. The zero-order chi connectivity index (χ0) is 32.2. The lowest BCUT2D eigenvalue weighted by molar-refractivity contribution is -0.149. The Hall–Kier alpha value is -1.06. The molecule has 0 aromatic heterocycles. The molecule has 0 rings (SSSR count). The van der Waals surface area contributed by atoms with Crippen LogP contribution in [0.15, 0.2) is 0 Å². The summed E-state index contributed by atoms with van der Waals surface area (Å²) < 4.78 is 11.2. The van der Waals surface area contributed by atoms with E-state index in [1.165, 1.54) is 148 Å². The van der Waals surface area contributed by atoms with E-state index in [-0.39, 0.29) is 17.9 Å². The highest BCUT2D eigenvalue weighted by atomic mass is 16.5. The molecule has 0 spiro atoms. The third-order valence-corrected chi connectivity index (χ3v) is 9.18. The molecule has 0 aromatic carbocycles. The first kappa shape index (κ1) is 42.9. The van der Waals surface area contributed by atoms with Crippen molar-refractivity contribution < 1.29 is 19.1 Å². The predicted octanol–water partition coefficient (Wildman–Crippen LogP) is 13.2. The maximum Gasteiger partial charge on any atom is 0.308 e. The smallest absolute Gasteiger partial charge is 0.308 e. The third-order valence-electron chi connectivity index (χ3n) is 9.18. The van der Waals surface area contributed by atoms with Crippen LogP contribution in [0.2, 0.25) is 0 Å². The van der Waals surface area contributed by atoms with Crippen molar-refractivity contribution in [3.8, 4) is 0 Å². The van der Waals surface area contributed by atoms with Gasteiger partial charge in [0.15, 0.2) is 0 Å². The van der Waals surface area contributed by atoms with Crippen molar-refractivity contribution in [2.24, 2.45) is 5.92 Å². The van der Waals surface area contributed by atoms with Crippen LogP contribution >= 0.6 is 0 Å². The lowest BCUT2D eigenvalue weighted by Crippen LogP contribution is -2.18. The molecule has 0 N–H and O–H groups in total. The standard InChI is InChI=1S/C40H78O4/c1-4-7-10-13-16-17-18-20-23-28-33-38(40(42)44-37-32-27-15-12-9-6-3)34-29-24-21-19-22-25-30-35-39(41)43-36-31-26-14-11-8-5-2/h38H,4-37H2,1-3H3. The molecule has 4 heteroatoms. The van der Waals surface area contributed by atoms with Crippen LogP contribution in [0.3, 0.4) is 0 Å². The summed E-state index contributed by atoms with van der Waals surface area (Å²) in [6.45, 7) is 7.95. The van der Waals surface area contributed by atoms with E-state index in [1.807, 2.05) is 0 Å². The maximum absolute atomic E-state index is 12.9. The van der Waals surface area contributed by atoms with Crippen LogP contribution < -0.4 is 0 Å². The zero-order valence-electron chi connectivity index (χ0n) is 30.3. The van der Waals surface area contributed by atoms with E-state index in [1.54, 1.807) is 0 Å². The first-order valence-electron chi connectivity index (χ1n) is 20.0. The fourth-order valence-electron chi connectivity index (χ4n) is 6.12. The number of rotatable bonds is 36. The highest BCUT2D eigenvalue weighted by Gasteiger charge is 2.19. The highest BCUT2D eigenvalue weighted by Crippen LogP contribution is 2.22. The monoisotopic (exact) mass is 623 g/mol. The number of esters is 2. The van der Waals surface area contributed by atoms with Crippen LogP contribution in [-0.2, 0) is 19.1 Å². The van der Waals surface area contributed by atoms with Gasteiger partial charge in [-0.3, -0.25) is 9.59 Å². The molecule has 1 unspecified atom stereocenters. The van der Waals surface area contributed by atoms with Crippen molar-refractivity contribution in [3.05, 3.63) is 0 Å². The Balaban J connectivity index is 4.01. The lowest BCUT2D eigenvalue weighted by atomic mass is 9.94. The second kappa shape index (κ2) is 36.4. The minimum atomic E-state index is -0.0182. The highest BCUT2D eigenvalue weighted by molar-refractivity contribution is 5.72. The van der Waals surface area contributed by atoms with Gasteiger partial charge in [-0.2, -0.15) is 0 Å². The molecule has 0 amide bonds. The molecular formula is C40H78O4. The summed E-state index contributed by atoms with van der Waals surface area (Å²) in [4.78, 5) is 24.9. The van der Waals surface area contributed by atoms with Crippen LogP contribution in [0.25, 0.3) is 0 Å². The van der Waals surface area contributed by atoms with E-state index in [4.69, 9.17) is 9.47 Å². The van der Waals surface area contributed by atoms with E-state index in [9.17, 15) is 9.59 Å². The van der Waals surface area contributed by atoms with Crippen molar-refractivity contribution in [2.45, 2.75) is 226 Å². The van der Waals surface area contributed by atoms with Crippen molar-refractivity contribution in [2.75, 3.05) is 13.2 Å². The van der Waals surface area contributed by atoms with Gasteiger partial charge in [-0.05, 0) is 32.1 Å². The van der Waals surface area contributed by atoms with Gasteiger partial charge in [-0.15, -0.1) is 0 Å². The first-order chi connectivity index (χ1) is 21.7. The van der Waals surface area contributed by atoms with E-state index < -0.39 is 0 Å². The molecule has 0 heterocycles. The summed E-state index contributed by atoms with van der Waals surface area (Å²) in [5.41, 5.74) is 0. The van der Waals surface area contributed by atoms with Crippen LogP contribution in [0.5, 0.6) is 0 Å². The number of carbonyl (C=O) groups is 2. The largest absolute Gasteiger partial charge is 0.466 e. The predicted molar refractivity (Wildman–Crippen MR) is 190 cm³/mol. The van der Waals surface area contributed by atoms with Gasteiger partial charge in [0.25, 0.3) is 0 Å². The number of hydrogen-bond acceptors (Lipinski definition) is 4. The van der Waals surface area contributed by atoms with Gasteiger partial charge in [0.1, 0.15) is 0 Å². The topological polar surface area (TPSA) is 52.6 Å². The van der Waals surface area contributed by atoms with Gasteiger partial charge >= 0.3 is 11.9 Å². The summed E-state index contributed by atoms with van der Waals surface area (Å²) in [7, 11) is 0. The van der Waals surface area contributed by atoms with Crippen LogP contribution in [-0.4, -0.2) is 25.2 Å². The van der Waals surface area contributed by atoms with Crippen molar-refractivity contribution >= 4 is 11.9 Å². The lowest BCUT2D eigenvalue weighted by Gasteiger charge is -2.16. The molecule has 262 valence electrons. The van der Waals surface area contributed by atoms with Crippen LogP contribution in [0.4, 0.5) is 0 Å². The van der Waals surface area contributed by atoms with Gasteiger partial charge < -0.3 is 9.47 Å². The number of carbonyl (C=O) groups excluding carboxylic acids is 2. The van der Waals surface area contributed by atoms with Gasteiger partial charge in [-0.1, -0.05) is 188 Å². The molecule has 0 bridgehead atoms. The molecule has 0 aliphatic heterocycles. The van der Waals surface area contributed by atoms with E-state index in [0.717, 1.165) is 51.4 Å². The Morgan fingerprint density at radius 2 is 0.705 bits per heavy atom. The van der Waals surface area contributed by atoms with Crippen molar-refractivity contribution in [3.63, 3.8) is 0 Å². The molecule has 1 atom stereocenters. The van der Waals surface area contributed by atoms with Crippen molar-refractivity contribution in [1.29, 1.82) is 0 Å². The quantitative estimate of drug-likeness (QED) is 0.0515. The average Bonchev–Trinajstić information content (AvgIpc) is 3.02. The van der Waals surface area contributed by atoms with E-state index >= 15 is 0 Å². The van der Waals surface area contributed by atoms with E-state index in [2.05, 4.69) is 20.8 Å². The summed E-state index contributed by atoms with van der Waals surface area (Å²) in [5.74, 6) is 0.139. The number of unbranched alkanes of at least 4 members (excludes halogenated alkanes) is 25. The first-order valence-corrected chi connectivity index (χ1v) is 20.0. The van der Waals surface area contributed by atoms with Crippen molar-refractivity contribution in [1.82, 2.24) is 0 Å². The number of ether oxygens (including phenoxy) is 2. The summed E-state index contributed by atoms with van der Waals surface area (Å²) in [6.07, 6.45) is 38.5. The molecule has 0 saturated heterocycles. The molecule has 0 saturated carbocycles. The van der Waals surface area contributed by atoms with Gasteiger partial charge in [0, 0.05) is 6.42 Å². The van der Waals surface area contributed by atoms with Crippen LogP contribution in [0, 0.1) is 5.92 Å². The SMILES string of the molecule is CCCCCCCCCCCCC(CCCCCCCCCC(=O)OCCCCCCCC)C(=O)OCCCCCCCC. The Morgan fingerprint density at radius 3 is 1.11 bits per heavy atom.